The van der Waals surface area contributed by atoms with E-state index in [9.17, 15) is 19.2 Å². The lowest BCUT2D eigenvalue weighted by molar-refractivity contribution is -0.147. The number of carboxylic acid groups (broad SMARTS) is 2. The molecule has 1 atom stereocenters. The minimum atomic E-state index is -1.57. The van der Waals surface area contributed by atoms with Gasteiger partial charge >= 0.3 is 11.9 Å². The zero-order valence-electron chi connectivity index (χ0n) is 10.5. The molecular weight excluding hydrogens is 352 g/mol. The fourth-order valence-corrected chi connectivity index (χ4v) is 1.61. The van der Waals surface area contributed by atoms with Gasteiger partial charge in [-0.1, -0.05) is 0 Å². The van der Waals surface area contributed by atoms with Crippen LogP contribution in [0.15, 0.2) is 21.2 Å². The Labute approximate surface area is 126 Å². The van der Waals surface area contributed by atoms with Gasteiger partial charge in [0.05, 0.1) is 13.0 Å². The summed E-state index contributed by atoms with van der Waals surface area (Å²) in [4.78, 5) is 44.2. The van der Waals surface area contributed by atoms with E-state index in [1.54, 1.807) is 0 Å². The first kappa shape index (κ1) is 16.7. The third-order valence-corrected chi connectivity index (χ3v) is 2.64. The zero-order chi connectivity index (χ0) is 16.0. The lowest BCUT2D eigenvalue weighted by Gasteiger charge is -2.12. The van der Waals surface area contributed by atoms with Gasteiger partial charge in [-0.25, -0.2) is 4.79 Å². The summed E-state index contributed by atoms with van der Waals surface area (Å²) in [6, 6.07) is 1.30. The quantitative estimate of drug-likeness (QED) is 0.525. The van der Waals surface area contributed by atoms with Gasteiger partial charge in [0.15, 0.2) is 10.4 Å². The average molecular weight is 363 g/mol. The molecular formula is C11H11BrN2O7. The van der Waals surface area contributed by atoms with E-state index in [4.69, 9.17) is 14.6 Å². The smallest absolute Gasteiger partial charge is 0.326 e. The van der Waals surface area contributed by atoms with Crippen LogP contribution in [-0.4, -0.2) is 46.6 Å². The Morgan fingerprint density at radius 1 is 1.24 bits per heavy atom. The molecule has 4 N–H and O–H groups in total. The van der Waals surface area contributed by atoms with Gasteiger partial charge in [-0.2, -0.15) is 0 Å². The van der Waals surface area contributed by atoms with Crippen LogP contribution in [0.25, 0.3) is 0 Å². The van der Waals surface area contributed by atoms with E-state index in [1.807, 2.05) is 5.32 Å². The van der Waals surface area contributed by atoms with Crippen molar-refractivity contribution in [2.75, 3.05) is 6.54 Å². The number of furan rings is 1. The number of hydrogen-bond donors (Lipinski definition) is 4. The summed E-state index contributed by atoms with van der Waals surface area (Å²) in [5.41, 5.74) is 0. The van der Waals surface area contributed by atoms with Crippen LogP contribution in [-0.2, 0) is 14.4 Å². The first-order valence-corrected chi connectivity index (χ1v) is 6.36. The minimum Gasteiger partial charge on any atom is -0.481 e. The van der Waals surface area contributed by atoms with Crippen molar-refractivity contribution in [1.82, 2.24) is 10.6 Å². The second-order valence-electron chi connectivity index (χ2n) is 3.84. The number of nitrogens with one attached hydrogen (secondary N) is 2. The maximum absolute atomic E-state index is 11.5. The van der Waals surface area contributed by atoms with E-state index in [1.165, 1.54) is 12.1 Å². The Hall–Kier alpha value is -2.36. The van der Waals surface area contributed by atoms with Gasteiger partial charge in [-0.3, -0.25) is 14.4 Å². The topological polar surface area (TPSA) is 146 Å². The largest absolute Gasteiger partial charge is 0.481 e. The molecule has 0 saturated heterocycles. The summed E-state index contributed by atoms with van der Waals surface area (Å²) in [7, 11) is 0. The predicted octanol–water partition coefficient (Wildman–Crippen LogP) is -0.184. The monoisotopic (exact) mass is 362 g/mol. The van der Waals surface area contributed by atoms with Crippen molar-refractivity contribution in [2.45, 2.75) is 12.5 Å². The fourth-order valence-electron chi connectivity index (χ4n) is 1.30. The summed E-state index contributed by atoms with van der Waals surface area (Å²) >= 11 is 3.01. The number of carbonyl (C=O) groups is 4. The molecule has 0 fully saturated rings. The Morgan fingerprint density at radius 2 is 1.90 bits per heavy atom. The number of hydrogen-bond acceptors (Lipinski definition) is 5. The summed E-state index contributed by atoms with van der Waals surface area (Å²) in [5, 5.41) is 21.4. The highest BCUT2D eigenvalue weighted by Crippen LogP contribution is 2.13. The number of amides is 2. The maximum Gasteiger partial charge on any atom is 0.326 e. The van der Waals surface area contributed by atoms with Crippen molar-refractivity contribution in [3.63, 3.8) is 0 Å². The zero-order valence-corrected chi connectivity index (χ0v) is 12.0. The molecule has 114 valence electrons. The van der Waals surface area contributed by atoms with E-state index in [0.717, 1.165) is 0 Å². The Bertz CT molecular complexity index is 569. The van der Waals surface area contributed by atoms with Gasteiger partial charge in [-0.15, -0.1) is 0 Å². The van der Waals surface area contributed by atoms with Crippen LogP contribution in [0.4, 0.5) is 0 Å². The molecule has 0 aliphatic rings. The van der Waals surface area contributed by atoms with Crippen molar-refractivity contribution in [3.05, 3.63) is 22.6 Å². The van der Waals surface area contributed by atoms with Crippen LogP contribution in [0.3, 0.4) is 0 Å². The van der Waals surface area contributed by atoms with Crippen LogP contribution < -0.4 is 10.6 Å². The minimum absolute atomic E-state index is 0.0324. The SMILES string of the molecule is O=C(O)C[C@H](NC(=O)CNC(=O)c1ccc(Br)o1)C(=O)O. The van der Waals surface area contributed by atoms with Crippen LogP contribution in [0, 0.1) is 0 Å². The molecule has 0 radical (unpaired) electrons. The summed E-state index contributed by atoms with van der Waals surface area (Å²) in [6.45, 7) is -0.513. The number of carboxylic acids is 2. The van der Waals surface area contributed by atoms with Crippen molar-refractivity contribution >= 4 is 39.7 Å². The highest BCUT2D eigenvalue weighted by Gasteiger charge is 2.23. The summed E-state index contributed by atoms with van der Waals surface area (Å²) < 4.78 is 5.29. The average Bonchev–Trinajstić information content (AvgIpc) is 2.81. The third kappa shape index (κ3) is 5.65. The Morgan fingerprint density at radius 3 is 2.38 bits per heavy atom. The normalized spacial score (nSPS) is 11.5. The van der Waals surface area contributed by atoms with Crippen molar-refractivity contribution in [3.8, 4) is 0 Å². The Kier molecular flexibility index (Phi) is 5.91. The van der Waals surface area contributed by atoms with Gasteiger partial charge < -0.3 is 25.3 Å². The number of rotatable bonds is 7. The molecule has 0 aliphatic carbocycles. The van der Waals surface area contributed by atoms with E-state index < -0.39 is 42.8 Å². The predicted molar refractivity (Wildman–Crippen MR) is 70.6 cm³/mol. The van der Waals surface area contributed by atoms with Crippen molar-refractivity contribution < 1.29 is 33.8 Å². The number of halogens is 1. The second kappa shape index (κ2) is 7.43. The van der Waals surface area contributed by atoms with E-state index in [0.29, 0.717) is 4.67 Å². The molecule has 0 bridgehead atoms. The third-order valence-electron chi connectivity index (χ3n) is 2.22. The molecule has 2 amide bonds. The van der Waals surface area contributed by atoms with Gasteiger partial charge in [0.25, 0.3) is 5.91 Å². The van der Waals surface area contributed by atoms with Crippen LogP contribution >= 0.6 is 15.9 Å². The lowest BCUT2D eigenvalue weighted by atomic mass is 10.2. The maximum atomic E-state index is 11.5. The van der Waals surface area contributed by atoms with Crippen molar-refractivity contribution in [1.29, 1.82) is 0 Å². The van der Waals surface area contributed by atoms with Crippen LogP contribution in [0.1, 0.15) is 17.0 Å². The number of carbonyl (C=O) groups excluding carboxylic acids is 2. The second-order valence-corrected chi connectivity index (χ2v) is 4.62. The molecule has 0 unspecified atom stereocenters. The van der Waals surface area contributed by atoms with E-state index in [-0.39, 0.29) is 5.76 Å². The van der Waals surface area contributed by atoms with Gasteiger partial charge in [-0.05, 0) is 28.1 Å². The van der Waals surface area contributed by atoms with Crippen molar-refractivity contribution in [2.24, 2.45) is 0 Å². The highest BCUT2D eigenvalue weighted by atomic mass is 79.9. The van der Waals surface area contributed by atoms with E-state index >= 15 is 0 Å². The van der Waals surface area contributed by atoms with E-state index in [2.05, 4.69) is 21.2 Å². The summed E-state index contributed by atoms with van der Waals surface area (Å²) in [5.74, 6) is -4.38. The molecule has 9 nitrogen and oxygen atoms in total. The fraction of sp³-hybridized carbons (Fsp3) is 0.273. The molecule has 0 saturated carbocycles. The first-order chi connectivity index (χ1) is 9.79. The molecule has 1 aromatic rings. The summed E-state index contributed by atoms with van der Waals surface area (Å²) in [6.07, 6.45) is -0.764. The molecule has 10 heteroatoms. The van der Waals surface area contributed by atoms with Gasteiger partial charge in [0.2, 0.25) is 5.91 Å². The first-order valence-electron chi connectivity index (χ1n) is 5.57. The molecule has 1 rings (SSSR count). The molecule has 21 heavy (non-hydrogen) atoms. The number of aliphatic carboxylic acids is 2. The molecule has 0 spiro atoms. The molecule has 1 aromatic heterocycles. The van der Waals surface area contributed by atoms with Crippen LogP contribution in [0.2, 0.25) is 0 Å². The van der Waals surface area contributed by atoms with Gasteiger partial charge in [0.1, 0.15) is 6.04 Å². The highest BCUT2D eigenvalue weighted by molar-refractivity contribution is 9.10. The lowest BCUT2D eigenvalue weighted by Crippen LogP contribution is -2.46. The standard InChI is InChI=1S/C11H11BrN2O7/c12-7-2-1-6(21-7)10(18)13-4-8(15)14-5(11(19)20)3-9(16)17/h1-2,5H,3-4H2,(H,13,18)(H,14,15)(H,16,17)(H,19,20)/t5-/m0/s1. The Balaban J connectivity index is 2.47. The molecule has 1 heterocycles. The van der Waals surface area contributed by atoms with Gasteiger partial charge in [0, 0.05) is 0 Å². The molecule has 0 aromatic carbocycles. The molecule has 0 aliphatic heterocycles. The van der Waals surface area contributed by atoms with Crippen LogP contribution in [0.5, 0.6) is 0 Å².